The lowest BCUT2D eigenvalue weighted by atomic mass is 10.1. The van der Waals surface area contributed by atoms with Gasteiger partial charge in [-0.05, 0) is 48.2 Å². The third-order valence-electron chi connectivity index (χ3n) is 4.53. The van der Waals surface area contributed by atoms with Crippen LogP contribution in [-0.4, -0.2) is 35.1 Å². The first kappa shape index (κ1) is 24.4. The van der Waals surface area contributed by atoms with E-state index in [0.717, 1.165) is 15.6 Å². The molecule has 2 aromatic rings. The van der Waals surface area contributed by atoms with Gasteiger partial charge in [-0.3, -0.25) is 9.59 Å². The van der Waals surface area contributed by atoms with Gasteiger partial charge in [0.05, 0.1) is 5.75 Å². The third kappa shape index (κ3) is 8.11. The topological polar surface area (TPSA) is 49.4 Å². The summed E-state index contributed by atoms with van der Waals surface area (Å²) in [5.74, 6) is 0.662. The van der Waals surface area contributed by atoms with E-state index in [-0.39, 0.29) is 29.9 Å². The molecule has 162 valence electrons. The first-order chi connectivity index (χ1) is 14.3. The predicted molar refractivity (Wildman–Crippen MR) is 125 cm³/mol. The molecule has 0 saturated carbocycles. The van der Waals surface area contributed by atoms with Gasteiger partial charge in [-0.1, -0.05) is 54.0 Å². The smallest absolute Gasteiger partial charge is 0.242 e. The maximum absolute atomic E-state index is 13.2. The summed E-state index contributed by atoms with van der Waals surface area (Å²) in [7, 11) is 0. The minimum absolute atomic E-state index is 0.117. The van der Waals surface area contributed by atoms with Gasteiger partial charge >= 0.3 is 0 Å². The average molecular weight is 495 g/mol. The molecular formula is C23H28BrFN2O2S. The van der Waals surface area contributed by atoms with Crippen molar-refractivity contribution in [1.29, 1.82) is 0 Å². The van der Waals surface area contributed by atoms with Crippen molar-refractivity contribution in [3.05, 3.63) is 69.9 Å². The van der Waals surface area contributed by atoms with Gasteiger partial charge in [-0.15, -0.1) is 11.8 Å². The first-order valence-electron chi connectivity index (χ1n) is 9.90. The molecule has 0 aliphatic rings. The average Bonchev–Trinajstić information content (AvgIpc) is 2.72. The summed E-state index contributed by atoms with van der Waals surface area (Å²) >= 11 is 4.92. The van der Waals surface area contributed by atoms with Crippen LogP contribution in [0.3, 0.4) is 0 Å². The van der Waals surface area contributed by atoms with E-state index in [1.807, 2.05) is 38.1 Å². The van der Waals surface area contributed by atoms with Crippen LogP contribution in [0.4, 0.5) is 4.39 Å². The van der Waals surface area contributed by atoms with Crippen molar-refractivity contribution in [2.45, 2.75) is 39.1 Å². The number of halogens is 2. The van der Waals surface area contributed by atoms with E-state index in [4.69, 9.17) is 0 Å². The van der Waals surface area contributed by atoms with Crippen LogP contribution in [0, 0.1) is 11.7 Å². The Morgan fingerprint density at radius 3 is 2.23 bits per heavy atom. The molecule has 2 aromatic carbocycles. The molecule has 0 saturated heterocycles. The van der Waals surface area contributed by atoms with E-state index in [0.29, 0.717) is 18.2 Å². The Bertz CT molecular complexity index is 828. The van der Waals surface area contributed by atoms with E-state index in [1.54, 1.807) is 24.0 Å². The van der Waals surface area contributed by atoms with Crippen molar-refractivity contribution in [3.63, 3.8) is 0 Å². The zero-order valence-electron chi connectivity index (χ0n) is 17.5. The summed E-state index contributed by atoms with van der Waals surface area (Å²) in [5.41, 5.74) is 1.91. The van der Waals surface area contributed by atoms with Gasteiger partial charge in [0.25, 0.3) is 0 Å². The van der Waals surface area contributed by atoms with Crippen LogP contribution in [-0.2, 0) is 21.9 Å². The quantitative estimate of drug-likeness (QED) is 0.504. The molecule has 7 heteroatoms. The Morgan fingerprint density at radius 1 is 1.03 bits per heavy atom. The van der Waals surface area contributed by atoms with Crippen LogP contribution in [0.1, 0.15) is 31.9 Å². The van der Waals surface area contributed by atoms with E-state index in [1.165, 1.54) is 23.9 Å². The molecule has 0 aliphatic heterocycles. The molecule has 0 aromatic heterocycles. The van der Waals surface area contributed by atoms with Crippen molar-refractivity contribution >= 4 is 39.5 Å². The predicted octanol–water partition coefficient (Wildman–Crippen LogP) is 5.01. The summed E-state index contributed by atoms with van der Waals surface area (Å²) in [4.78, 5) is 27.1. The van der Waals surface area contributed by atoms with Gasteiger partial charge < -0.3 is 10.2 Å². The minimum Gasteiger partial charge on any atom is -0.354 e. The standard InChI is InChI=1S/C23H28BrFN2O2S/c1-16(2)12-26-23(29)17(3)27(13-18-6-10-21(25)11-7-18)22(28)15-30-14-19-4-8-20(24)9-5-19/h4-11,16-17H,12-15H2,1-3H3,(H,26,29)/t17-/m1/s1. The number of thioether (sulfide) groups is 1. The third-order valence-corrected chi connectivity index (χ3v) is 6.04. The zero-order chi connectivity index (χ0) is 22.1. The van der Waals surface area contributed by atoms with E-state index < -0.39 is 6.04 Å². The zero-order valence-corrected chi connectivity index (χ0v) is 19.9. The summed E-state index contributed by atoms with van der Waals surface area (Å²) in [6.45, 7) is 6.58. The maximum atomic E-state index is 13.2. The lowest BCUT2D eigenvalue weighted by molar-refractivity contribution is -0.138. The van der Waals surface area contributed by atoms with Gasteiger partial charge in [0, 0.05) is 23.3 Å². The van der Waals surface area contributed by atoms with E-state index in [9.17, 15) is 14.0 Å². The molecule has 0 aliphatic carbocycles. The molecule has 1 N–H and O–H groups in total. The van der Waals surface area contributed by atoms with Gasteiger partial charge in [0.1, 0.15) is 11.9 Å². The number of carbonyl (C=O) groups is 2. The second kappa shape index (κ2) is 12.1. The van der Waals surface area contributed by atoms with Crippen LogP contribution < -0.4 is 5.32 Å². The van der Waals surface area contributed by atoms with Crippen molar-refractivity contribution in [2.75, 3.05) is 12.3 Å². The SMILES string of the molecule is CC(C)CNC(=O)[C@@H](C)N(Cc1ccc(F)cc1)C(=O)CSCc1ccc(Br)cc1. The van der Waals surface area contributed by atoms with E-state index in [2.05, 4.69) is 21.2 Å². The van der Waals surface area contributed by atoms with Gasteiger partial charge in [-0.25, -0.2) is 4.39 Å². The Kier molecular flexibility index (Phi) is 9.85. The normalized spacial score (nSPS) is 11.9. The monoisotopic (exact) mass is 494 g/mol. The molecule has 4 nitrogen and oxygen atoms in total. The molecule has 2 rings (SSSR count). The van der Waals surface area contributed by atoms with Crippen LogP contribution in [0.25, 0.3) is 0 Å². The van der Waals surface area contributed by atoms with Gasteiger partial charge in [0.15, 0.2) is 0 Å². The fourth-order valence-corrected chi connectivity index (χ4v) is 3.88. The number of benzene rings is 2. The lowest BCUT2D eigenvalue weighted by Crippen LogP contribution is -2.48. The molecule has 0 unspecified atom stereocenters. The summed E-state index contributed by atoms with van der Waals surface area (Å²) < 4.78 is 14.3. The largest absolute Gasteiger partial charge is 0.354 e. The molecule has 0 radical (unpaired) electrons. The number of hydrogen-bond donors (Lipinski definition) is 1. The number of carbonyl (C=O) groups excluding carboxylic acids is 2. The van der Waals surface area contributed by atoms with Crippen molar-refractivity contribution in [3.8, 4) is 0 Å². The van der Waals surface area contributed by atoms with E-state index >= 15 is 0 Å². The molecule has 0 heterocycles. The molecule has 30 heavy (non-hydrogen) atoms. The maximum Gasteiger partial charge on any atom is 0.242 e. The Hall–Kier alpha value is -1.86. The number of hydrogen-bond acceptors (Lipinski definition) is 3. The second-order valence-electron chi connectivity index (χ2n) is 7.58. The Balaban J connectivity index is 2.04. The minimum atomic E-state index is -0.616. The fourth-order valence-electron chi connectivity index (χ4n) is 2.74. The molecule has 2 amide bonds. The Labute approximate surface area is 190 Å². The molecule has 0 spiro atoms. The van der Waals surface area contributed by atoms with Crippen molar-refractivity contribution in [1.82, 2.24) is 10.2 Å². The van der Waals surface area contributed by atoms with Crippen LogP contribution >= 0.6 is 27.7 Å². The van der Waals surface area contributed by atoms with Gasteiger partial charge in [0.2, 0.25) is 11.8 Å². The number of amides is 2. The van der Waals surface area contributed by atoms with Crippen LogP contribution in [0.2, 0.25) is 0 Å². The second-order valence-corrected chi connectivity index (χ2v) is 9.48. The fraction of sp³-hybridized carbons (Fsp3) is 0.391. The summed E-state index contributed by atoms with van der Waals surface area (Å²) in [6, 6.07) is 13.4. The number of nitrogens with zero attached hydrogens (tertiary/aromatic N) is 1. The lowest BCUT2D eigenvalue weighted by Gasteiger charge is -2.29. The highest BCUT2D eigenvalue weighted by Gasteiger charge is 2.26. The summed E-state index contributed by atoms with van der Waals surface area (Å²) in [6.07, 6.45) is 0. The van der Waals surface area contributed by atoms with Crippen LogP contribution in [0.15, 0.2) is 53.0 Å². The summed E-state index contributed by atoms with van der Waals surface area (Å²) in [5, 5.41) is 2.90. The highest BCUT2D eigenvalue weighted by molar-refractivity contribution is 9.10. The van der Waals surface area contributed by atoms with Crippen molar-refractivity contribution in [2.24, 2.45) is 5.92 Å². The Morgan fingerprint density at radius 2 is 1.63 bits per heavy atom. The first-order valence-corrected chi connectivity index (χ1v) is 11.8. The van der Waals surface area contributed by atoms with Gasteiger partial charge in [-0.2, -0.15) is 0 Å². The number of nitrogens with one attached hydrogen (secondary N) is 1. The molecule has 0 fully saturated rings. The van der Waals surface area contributed by atoms with Crippen molar-refractivity contribution < 1.29 is 14.0 Å². The highest BCUT2D eigenvalue weighted by Crippen LogP contribution is 2.18. The molecule has 0 bridgehead atoms. The molecule has 1 atom stereocenters. The molecular weight excluding hydrogens is 467 g/mol. The highest BCUT2D eigenvalue weighted by atomic mass is 79.9. The number of rotatable bonds is 10. The van der Waals surface area contributed by atoms with Crippen LogP contribution in [0.5, 0.6) is 0 Å².